The molecule has 0 aliphatic heterocycles. The highest BCUT2D eigenvalue weighted by Crippen LogP contribution is 2.47. The molecule has 1 aromatic heterocycles. The predicted molar refractivity (Wildman–Crippen MR) is 255 cm³/mol. The Labute approximate surface area is 348 Å². The summed E-state index contributed by atoms with van der Waals surface area (Å²) in [6.07, 6.45) is 6.43. The molecule has 0 fully saturated rings. The van der Waals surface area contributed by atoms with Crippen LogP contribution in [-0.2, 0) is 6.42 Å². The van der Waals surface area contributed by atoms with Crippen molar-refractivity contribution in [2.45, 2.75) is 12.8 Å². The summed E-state index contributed by atoms with van der Waals surface area (Å²) < 4.78 is 6.55. The van der Waals surface area contributed by atoms with Gasteiger partial charge >= 0.3 is 0 Å². The number of aryl methyl sites for hydroxylation is 1. The fourth-order valence-corrected chi connectivity index (χ4v) is 9.76. The van der Waals surface area contributed by atoms with Gasteiger partial charge in [-0.05, 0) is 102 Å². The molecule has 2 heteroatoms. The lowest BCUT2D eigenvalue weighted by molar-refractivity contribution is 0.547. The van der Waals surface area contributed by atoms with Gasteiger partial charge in [0.05, 0.1) is 5.69 Å². The monoisotopic (exact) mass is 765 g/mol. The van der Waals surface area contributed by atoms with Crippen LogP contribution in [0.25, 0.3) is 93.5 Å². The Hall–Kier alpha value is -7.68. The molecule has 11 aromatic rings. The summed E-state index contributed by atoms with van der Waals surface area (Å²) in [4.78, 5) is 2.43. The summed E-state index contributed by atoms with van der Waals surface area (Å²) in [5, 5.41) is 11.1. The molecule has 0 saturated heterocycles. The van der Waals surface area contributed by atoms with Crippen molar-refractivity contribution in [1.82, 2.24) is 0 Å². The minimum atomic E-state index is 0.941. The third-order valence-corrected chi connectivity index (χ3v) is 12.5. The van der Waals surface area contributed by atoms with Crippen molar-refractivity contribution in [3.8, 4) is 33.4 Å². The SMILES string of the molecule is C1=Cc2c(oc3c(-c4ccc(N(c5ccc(-c6c(-c7ccccc7)c7ccccc7c7ccccc67)cc5)c5cc6ccccc6c6ccccc56)cc4)cccc23)CC1. The molecule has 0 spiro atoms. The first-order valence-electron chi connectivity index (χ1n) is 20.9. The molecular formula is C58H39NO. The first-order chi connectivity index (χ1) is 29.8. The highest BCUT2D eigenvalue weighted by molar-refractivity contribution is 6.22. The van der Waals surface area contributed by atoms with Crippen LogP contribution in [0.2, 0.25) is 0 Å². The Kier molecular flexibility index (Phi) is 8.02. The van der Waals surface area contributed by atoms with Gasteiger partial charge in [-0.3, -0.25) is 0 Å². The molecule has 1 aliphatic rings. The van der Waals surface area contributed by atoms with Crippen LogP contribution < -0.4 is 4.90 Å². The number of fused-ring (bicyclic) bond motifs is 9. The molecule has 0 N–H and O–H groups in total. The normalized spacial score (nSPS) is 12.5. The number of para-hydroxylation sites is 1. The van der Waals surface area contributed by atoms with E-state index in [1.54, 1.807) is 0 Å². The Balaban J connectivity index is 1.05. The van der Waals surface area contributed by atoms with Gasteiger partial charge in [0, 0.05) is 39.7 Å². The maximum Gasteiger partial charge on any atom is 0.142 e. The van der Waals surface area contributed by atoms with Gasteiger partial charge < -0.3 is 9.32 Å². The zero-order valence-electron chi connectivity index (χ0n) is 33.0. The number of furan rings is 1. The summed E-state index contributed by atoms with van der Waals surface area (Å²) >= 11 is 0. The molecule has 282 valence electrons. The average molecular weight is 766 g/mol. The number of anilines is 3. The lowest BCUT2D eigenvalue weighted by Gasteiger charge is -2.28. The van der Waals surface area contributed by atoms with E-state index in [-0.39, 0.29) is 0 Å². The lowest BCUT2D eigenvalue weighted by Crippen LogP contribution is -2.10. The maximum atomic E-state index is 6.55. The number of benzene rings is 10. The van der Waals surface area contributed by atoms with Crippen molar-refractivity contribution in [2.75, 3.05) is 4.90 Å². The fourth-order valence-electron chi connectivity index (χ4n) is 9.76. The number of nitrogens with zero attached hydrogens (tertiary/aromatic N) is 1. The van der Waals surface area contributed by atoms with Crippen LogP contribution >= 0.6 is 0 Å². The second-order valence-corrected chi connectivity index (χ2v) is 15.9. The molecule has 12 rings (SSSR count). The Bertz CT molecular complexity index is 3460. The van der Waals surface area contributed by atoms with Crippen molar-refractivity contribution >= 4 is 77.2 Å². The molecule has 60 heavy (non-hydrogen) atoms. The average Bonchev–Trinajstić information content (AvgIpc) is 3.71. The second kappa shape index (κ2) is 14.0. The summed E-state index contributed by atoms with van der Waals surface area (Å²) in [5.41, 5.74) is 12.7. The van der Waals surface area contributed by atoms with E-state index in [9.17, 15) is 0 Å². The van der Waals surface area contributed by atoms with E-state index < -0.39 is 0 Å². The molecule has 1 heterocycles. The molecule has 0 bridgehead atoms. The Morgan fingerprint density at radius 1 is 0.400 bits per heavy atom. The lowest BCUT2D eigenvalue weighted by atomic mass is 9.85. The van der Waals surface area contributed by atoms with Gasteiger partial charge in [-0.1, -0.05) is 182 Å². The van der Waals surface area contributed by atoms with Crippen LogP contribution in [0.1, 0.15) is 17.7 Å². The van der Waals surface area contributed by atoms with E-state index in [1.807, 2.05) is 0 Å². The predicted octanol–water partition coefficient (Wildman–Crippen LogP) is 16.5. The summed E-state index contributed by atoms with van der Waals surface area (Å²) in [6, 6.07) is 73.2. The Morgan fingerprint density at radius 3 is 1.58 bits per heavy atom. The van der Waals surface area contributed by atoms with Gasteiger partial charge in [0.15, 0.2) is 0 Å². The first-order valence-corrected chi connectivity index (χ1v) is 20.9. The van der Waals surface area contributed by atoms with E-state index in [4.69, 9.17) is 4.42 Å². The third kappa shape index (κ3) is 5.49. The van der Waals surface area contributed by atoms with E-state index in [2.05, 4.69) is 217 Å². The van der Waals surface area contributed by atoms with Crippen LogP contribution in [-0.4, -0.2) is 0 Å². The molecule has 0 amide bonds. The molecular weight excluding hydrogens is 727 g/mol. The van der Waals surface area contributed by atoms with Gasteiger partial charge in [-0.2, -0.15) is 0 Å². The minimum Gasteiger partial charge on any atom is -0.460 e. The highest BCUT2D eigenvalue weighted by Gasteiger charge is 2.22. The van der Waals surface area contributed by atoms with E-state index in [0.29, 0.717) is 0 Å². The van der Waals surface area contributed by atoms with Crippen LogP contribution in [0.5, 0.6) is 0 Å². The number of rotatable bonds is 6. The van der Waals surface area contributed by atoms with Crippen molar-refractivity contribution < 1.29 is 4.42 Å². The first kappa shape index (κ1) is 34.4. The fraction of sp³-hybridized carbons (Fsp3) is 0.0345. The molecule has 0 unspecified atom stereocenters. The highest BCUT2D eigenvalue weighted by atomic mass is 16.3. The van der Waals surface area contributed by atoms with Crippen molar-refractivity contribution in [1.29, 1.82) is 0 Å². The van der Waals surface area contributed by atoms with E-state index >= 15 is 0 Å². The molecule has 0 atom stereocenters. The molecule has 2 nitrogen and oxygen atoms in total. The second-order valence-electron chi connectivity index (χ2n) is 15.9. The van der Waals surface area contributed by atoms with Crippen molar-refractivity contribution in [3.63, 3.8) is 0 Å². The topological polar surface area (TPSA) is 16.4 Å². The van der Waals surface area contributed by atoms with E-state index in [1.165, 1.54) is 76.3 Å². The maximum absolute atomic E-state index is 6.55. The van der Waals surface area contributed by atoms with Crippen molar-refractivity contribution in [2.24, 2.45) is 0 Å². The van der Waals surface area contributed by atoms with Gasteiger partial charge in [0.2, 0.25) is 0 Å². The van der Waals surface area contributed by atoms with Crippen LogP contribution in [0.3, 0.4) is 0 Å². The van der Waals surface area contributed by atoms with Crippen molar-refractivity contribution in [3.05, 3.63) is 218 Å². The number of hydrogen-bond acceptors (Lipinski definition) is 2. The molecule has 0 saturated carbocycles. The number of hydrogen-bond donors (Lipinski definition) is 0. The Morgan fingerprint density at radius 2 is 0.917 bits per heavy atom. The van der Waals surface area contributed by atoms with Crippen LogP contribution in [0.4, 0.5) is 17.1 Å². The summed E-state index contributed by atoms with van der Waals surface area (Å²) in [5.74, 6) is 1.09. The van der Waals surface area contributed by atoms with Gasteiger partial charge in [-0.25, -0.2) is 0 Å². The summed E-state index contributed by atoms with van der Waals surface area (Å²) in [7, 11) is 0. The standard InChI is InChI=1S/C58H39NO/c1-2-15-39(16-3-1)56-51-24-10-7-20-47(51)48-21-8-11-25-52(48)57(56)40-31-35-43(36-32-40)59(54-37-41-17-4-5-18-44(41)46-19-6-9-22-49(46)54)42-33-29-38(30-34-42)45-26-14-27-53-50-23-12-13-28-55(50)60-58(45)53/h1-12,14-27,29-37H,13,28H2. The zero-order chi connectivity index (χ0) is 39.6. The zero-order valence-corrected chi connectivity index (χ0v) is 33.0. The summed E-state index contributed by atoms with van der Waals surface area (Å²) in [6.45, 7) is 0. The third-order valence-electron chi connectivity index (χ3n) is 12.5. The molecule has 1 aliphatic carbocycles. The smallest absolute Gasteiger partial charge is 0.142 e. The van der Waals surface area contributed by atoms with Crippen LogP contribution in [0.15, 0.2) is 211 Å². The molecule has 10 aromatic carbocycles. The quantitative estimate of drug-likeness (QED) is 0.157. The number of allylic oxidation sites excluding steroid dienone is 1. The molecule has 0 radical (unpaired) electrons. The van der Waals surface area contributed by atoms with Crippen LogP contribution in [0, 0.1) is 0 Å². The van der Waals surface area contributed by atoms with Gasteiger partial charge in [0.1, 0.15) is 11.3 Å². The van der Waals surface area contributed by atoms with Gasteiger partial charge in [0.25, 0.3) is 0 Å². The minimum absolute atomic E-state index is 0.941. The largest absolute Gasteiger partial charge is 0.460 e. The van der Waals surface area contributed by atoms with E-state index in [0.717, 1.165) is 52.4 Å². The van der Waals surface area contributed by atoms with Gasteiger partial charge in [-0.15, -0.1) is 0 Å².